The Morgan fingerprint density at radius 1 is 1.06 bits per heavy atom. The van der Waals surface area contributed by atoms with Crippen molar-refractivity contribution >= 4 is 5.91 Å². The number of hydrogen-bond donors (Lipinski definition) is 1. The van der Waals surface area contributed by atoms with E-state index < -0.39 is 0 Å². The van der Waals surface area contributed by atoms with E-state index in [4.69, 9.17) is 0 Å². The van der Waals surface area contributed by atoms with E-state index in [0.717, 1.165) is 24.8 Å². The molecule has 0 aromatic carbocycles. The van der Waals surface area contributed by atoms with Gasteiger partial charge in [0.25, 0.3) is 0 Å². The van der Waals surface area contributed by atoms with Gasteiger partial charge in [0, 0.05) is 38.1 Å². The molecule has 4 aliphatic heterocycles. The lowest BCUT2D eigenvalue weighted by Gasteiger charge is -2.36. The summed E-state index contributed by atoms with van der Waals surface area (Å²) in [5.74, 6) is 2.11. The number of nitrogens with zero attached hydrogens (tertiary/aromatic N) is 2. The maximum absolute atomic E-state index is 12.1. The molecule has 2 unspecified atom stereocenters. The molecule has 1 N–H and O–H groups in total. The summed E-state index contributed by atoms with van der Waals surface area (Å²) in [6.45, 7) is 5.84. The maximum Gasteiger partial charge on any atom is 0.224 e. The fourth-order valence-corrected chi connectivity index (χ4v) is 4.63. The van der Waals surface area contributed by atoms with Crippen LogP contribution in [0.2, 0.25) is 0 Å². The van der Waals surface area contributed by atoms with E-state index in [1.807, 2.05) is 0 Å². The van der Waals surface area contributed by atoms with E-state index in [9.17, 15) is 4.79 Å². The van der Waals surface area contributed by atoms with Gasteiger partial charge in [0.1, 0.15) is 0 Å². The third kappa shape index (κ3) is 1.62. The fourth-order valence-electron chi connectivity index (χ4n) is 4.63. The summed E-state index contributed by atoms with van der Waals surface area (Å²) < 4.78 is 0. The SMILES string of the molecule is O=C1CC(N2C[C@H]3CNC[C@H]3C2)C2CCCCN12. The number of hydrogen-bond acceptors (Lipinski definition) is 3. The van der Waals surface area contributed by atoms with Crippen LogP contribution >= 0.6 is 0 Å². The van der Waals surface area contributed by atoms with Crippen molar-refractivity contribution < 1.29 is 4.79 Å². The zero-order chi connectivity index (χ0) is 12.1. The average molecular weight is 249 g/mol. The highest BCUT2D eigenvalue weighted by molar-refractivity contribution is 5.80. The summed E-state index contributed by atoms with van der Waals surface area (Å²) >= 11 is 0. The summed E-state index contributed by atoms with van der Waals surface area (Å²) in [4.78, 5) is 16.9. The number of piperidine rings is 1. The summed E-state index contributed by atoms with van der Waals surface area (Å²) in [7, 11) is 0. The van der Waals surface area contributed by atoms with Crippen molar-refractivity contribution in [1.29, 1.82) is 0 Å². The first-order valence-corrected chi connectivity index (χ1v) is 7.57. The standard InChI is InChI=1S/C14H23N3O/c18-14-5-13(12-3-1-2-4-17(12)14)16-8-10-6-15-7-11(10)9-16/h10-13,15H,1-9H2/t10-,11+,12?,13?. The molecular formula is C14H23N3O. The number of likely N-dealkylation sites (tertiary alicyclic amines) is 1. The topological polar surface area (TPSA) is 35.6 Å². The Bertz CT molecular complexity index is 347. The van der Waals surface area contributed by atoms with Crippen molar-refractivity contribution in [2.45, 2.75) is 37.8 Å². The number of carbonyl (C=O) groups excluding carboxylic acids is 1. The van der Waals surface area contributed by atoms with Crippen LogP contribution in [0.5, 0.6) is 0 Å². The van der Waals surface area contributed by atoms with Crippen LogP contribution in [0.25, 0.3) is 0 Å². The number of nitrogens with one attached hydrogen (secondary N) is 1. The molecule has 0 radical (unpaired) electrons. The third-order valence-electron chi connectivity index (χ3n) is 5.58. The second-order valence-corrected chi connectivity index (χ2v) is 6.55. The first kappa shape index (κ1) is 11.2. The van der Waals surface area contributed by atoms with E-state index >= 15 is 0 Å². The Kier molecular flexibility index (Phi) is 2.62. The molecule has 4 heteroatoms. The summed E-state index contributed by atoms with van der Waals surface area (Å²) in [6, 6.07) is 1.07. The molecule has 18 heavy (non-hydrogen) atoms. The van der Waals surface area contributed by atoms with Gasteiger partial charge in [-0.05, 0) is 44.2 Å². The van der Waals surface area contributed by atoms with Crippen LogP contribution < -0.4 is 5.32 Å². The van der Waals surface area contributed by atoms with E-state index in [1.165, 1.54) is 45.4 Å². The summed E-state index contributed by atoms with van der Waals surface area (Å²) in [5.41, 5.74) is 0. The van der Waals surface area contributed by atoms with Crippen LogP contribution in [0, 0.1) is 11.8 Å². The Hall–Kier alpha value is -0.610. The summed E-state index contributed by atoms with van der Waals surface area (Å²) in [5, 5.41) is 3.50. The molecule has 4 fully saturated rings. The number of amides is 1. The molecule has 0 aliphatic carbocycles. The molecule has 4 nitrogen and oxygen atoms in total. The minimum absolute atomic E-state index is 0.417. The molecule has 4 aliphatic rings. The van der Waals surface area contributed by atoms with E-state index in [0.29, 0.717) is 18.0 Å². The first-order chi connectivity index (χ1) is 8.83. The lowest BCUT2D eigenvalue weighted by atomic mass is 9.98. The minimum atomic E-state index is 0.417. The molecule has 1 amide bonds. The molecule has 4 atom stereocenters. The molecule has 0 spiro atoms. The first-order valence-electron chi connectivity index (χ1n) is 7.57. The Morgan fingerprint density at radius 2 is 1.83 bits per heavy atom. The van der Waals surface area contributed by atoms with Gasteiger partial charge in [-0.3, -0.25) is 9.69 Å². The van der Waals surface area contributed by atoms with Crippen LogP contribution in [0.15, 0.2) is 0 Å². The second kappa shape index (κ2) is 4.20. The quantitative estimate of drug-likeness (QED) is 0.725. The van der Waals surface area contributed by atoms with Crippen molar-refractivity contribution in [2.24, 2.45) is 11.8 Å². The highest BCUT2D eigenvalue weighted by Gasteiger charge is 2.47. The number of carbonyl (C=O) groups is 1. The van der Waals surface area contributed by atoms with Crippen LogP contribution in [0.3, 0.4) is 0 Å². The molecule has 4 rings (SSSR count). The van der Waals surface area contributed by atoms with Gasteiger partial charge in [-0.15, -0.1) is 0 Å². The summed E-state index contributed by atoms with van der Waals surface area (Å²) in [6.07, 6.45) is 4.55. The van der Waals surface area contributed by atoms with Gasteiger partial charge in [0.2, 0.25) is 5.91 Å². The Morgan fingerprint density at radius 3 is 2.61 bits per heavy atom. The van der Waals surface area contributed by atoms with Crippen molar-refractivity contribution in [3.63, 3.8) is 0 Å². The largest absolute Gasteiger partial charge is 0.338 e. The van der Waals surface area contributed by atoms with Gasteiger partial charge in [-0.25, -0.2) is 0 Å². The van der Waals surface area contributed by atoms with Gasteiger partial charge < -0.3 is 10.2 Å². The highest BCUT2D eigenvalue weighted by atomic mass is 16.2. The predicted molar refractivity (Wildman–Crippen MR) is 69.2 cm³/mol. The number of fused-ring (bicyclic) bond motifs is 2. The normalized spacial score (nSPS) is 44.4. The van der Waals surface area contributed by atoms with Crippen molar-refractivity contribution in [3.05, 3.63) is 0 Å². The molecule has 0 aromatic rings. The second-order valence-electron chi connectivity index (χ2n) is 6.55. The lowest BCUT2D eigenvalue weighted by molar-refractivity contribution is -0.129. The molecular weight excluding hydrogens is 226 g/mol. The number of rotatable bonds is 1. The third-order valence-corrected chi connectivity index (χ3v) is 5.58. The van der Waals surface area contributed by atoms with E-state index in [2.05, 4.69) is 15.1 Å². The highest BCUT2D eigenvalue weighted by Crippen LogP contribution is 2.36. The zero-order valence-corrected chi connectivity index (χ0v) is 11.0. The van der Waals surface area contributed by atoms with E-state index in [1.54, 1.807) is 0 Å². The van der Waals surface area contributed by atoms with Crippen LogP contribution in [0.1, 0.15) is 25.7 Å². The van der Waals surface area contributed by atoms with Gasteiger partial charge in [0.15, 0.2) is 0 Å². The molecule has 0 aromatic heterocycles. The van der Waals surface area contributed by atoms with E-state index in [-0.39, 0.29) is 0 Å². The van der Waals surface area contributed by atoms with Crippen LogP contribution in [0.4, 0.5) is 0 Å². The molecule has 0 bridgehead atoms. The predicted octanol–water partition coefficient (Wildman–Crippen LogP) is 0.291. The maximum atomic E-state index is 12.1. The van der Waals surface area contributed by atoms with Gasteiger partial charge in [-0.1, -0.05) is 0 Å². The van der Waals surface area contributed by atoms with Gasteiger partial charge in [0.05, 0.1) is 0 Å². The molecule has 100 valence electrons. The fraction of sp³-hybridized carbons (Fsp3) is 0.929. The van der Waals surface area contributed by atoms with Crippen molar-refractivity contribution in [1.82, 2.24) is 15.1 Å². The Labute approximate surface area is 109 Å². The molecule has 0 saturated carbocycles. The van der Waals surface area contributed by atoms with Gasteiger partial charge in [-0.2, -0.15) is 0 Å². The monoisotopic (exact) mass is 249 g/mol. The minimum Gasteiger partial charge on any atom is -0.338 e. The van der Waals surface area contributed by atoms with Gasteiger partial charge >= 0.3 is 0 Å². The Balaban J connectivity index is 1.50. The lowest BCUT2D eigenvalue weighted by Crippen LogP contribution is -2.47. The molecule has 4 heterocycles. The van der Waals surface area contributed by atoms with Crippen molar-refractivity contribution in [3.8, 4) is 0 Å². The smallest absolute Gasteiger partial charge is 0.224 e. The molecule has 4 saturated heterocycles. The van der Waals surface area contributed by atoms with Crippen LogP contribution in [-0.4, -0.2) is 60.5 Å². The zero-order valence-electron chi connectivity index (χ0n) is 11.0. The van der Waals surface area contributed by atoms with Crippen molar-refractivity contribution in [2.75, 3.05) is 32.7 Å². The average Bonchev–Trinajstić information content (AvgIpc) is 3.02. The van der Waals surface area contributed by atoms with Crippen LogP contribution in [-0.2, 0) is 4.79 Å².